The maximum absolute atomic E-state index is 12.9. The summed E-state index contributed by atoms with van der Waals surface area (Å²) in [4.78, 5) is 18.7. The molecule has 2 aromatic carbocycles. The molecule has 1 saturated heterocycles. The van der Waals surface area contributed by atoms with Crippen LogP contribution in [-0.2, 0) is 21.2 Å². The second-order valence-corrected chi connectivity index (χ2v) is 10.2. The zero-order valence-electron chi connectivity index (χ0n) is 18.8. The summed E-state index contributed by atoms with van der Waals surface area (Å²) in [7, 11) is -3.88. The molecule has 33 heavy (non-hydrogen) atoms. The lowest BCUT2D eigenvalue weighted by Gasteiger charge is -2.32. The topological polar surface area (TPSA) is 105 Å². The molecule has 1 aliphatic heterocycles. The highest BCUT2D eigenvalue weighted by atomic mass is 32.2. The standard InChI is InChI=1S/C24H28N4O4S/c1-17-8-9-21(24-26-18(2)32-27-24)15-22(17)33(30,31)25-16-23(29)28-12-10-20(11-13-28)14-19-6-4-3-5-7-19/h3-9,15,20,25H,10-14,16H2,1-2H3. The lowest BCUT2D eigenvalue weighted by molar-refractivity contribution is -0.131. The van der Waals surface area contributed by atoms with Gasteiger partial charge >= 0.3 is 0 Å². The summed E-state index contributed by atoms with van der Waals surface area (Å²) in [5, 5.41) is 3.84. The van der Waals surface area contributed by atoms with E-state index < -0.39 is 10.0 Å². The van der Waals surface area contributed by atoms with Gasteiger partial charge in [0.25, 0.3) is 0 Å². The molecule has 3 aromatic rings. The van der Waals surface area contributed by atoms with Crippen LogP contribution in [0.1, 0.15) is 29.9 Å². The van der Waals surface area contributed by atoms with Crippen LogP contribution in [0.2, 0.25) is 0 Å². The molecule has 0 radical (unpaired) electrons. The number of carbonyl (C=O) groups excluding carboxylic acids is 1. The van der Waals surface area contributed by atoms with Crippen LogP contribution in [0.25, 0.3) is 11.4 Å². The number of likely N-dealkylation sites (tertiary alicyclic amines) is 1. The predicted molar refractivity (Wildman–Crippen MR) is 124 cm³/mol. The van der Waals surface area contributed by atoms with E-state index in [0.29, 0.717) is 41.8 Å². The molecular weight excluding hydrogens is 440 g/mol. The predicted octanol–water partition coefficient (Wildman–Crippen LogP) is 3.11. The van der Waals surface area contributed by atoms with Gasteiger partial charge in [-0.15, -0.1) is 0 Å². The first-order valence-electron chi connectivity index (χ1n) is 11.0. The number of piperidine rings is 1. The van der Waals surface area contributed by atoms with Gasteiger partial charge in [0.05, 0.1) is 11.4 Å². The fourth-order valence-corrected chi connectivity index (χ4v) is 5.37. The van der Waals surface area contributed by atoms with E-state index >= 15 is 0 Å². The van der Waals surface area contributed by atoms with E-state index in [1.807, 2.05) is 18.2 Å². The highest BCUT2D eigenvalue weighted by Gasteiger charge is 2.25. The molecule has 0 spiro atoms. The van der Waals surface area contributed by atoms with E-state index in [9.17, 15) is 13.2 Å². The molecule has 0 saturated carbocycles. The van der Waals surface area contributed by atoms with Gasteiger partial charge in [0.15, 0.2) is 0 Å². The van der Waals surface area contributed by atoms with Gasteiger partial charge in [0.2, 0.25) is 27.6 Å². The molecule has 1 aromatic heterocycles. The van der Waals surface area contributed by atoms with Crippen molar-refractivity contribution in [1.29, 1.82) is 0 Å². The molecule has 0 aliphatic carbocycles. The van der Waals surface area contributed by atoms with Crippen molar-refractivity contribution in [3.63, 3.8) is 0 Å². The van der Waals surface area contributed by atoms with Gasteiger partial charge in [0, 0.05) is 25.6 Å². The number of hydrogen-bond acceptors (Lipinski definition) is 6. The lowest BCUT2D eigenvalue weighted by Crippen LogP contribution is -2.44. The molecule has 4 rings (SSSR count). The number of aromatic nitrogens is 2. The lowest BCUT2D eigenvalue weighted by atomic mass is 9.90. The average Bonchev–Trinajstić information content (AvgIpc) is 3.25. The van der Waals surface area contributed by atoms with E-state index in [0.717, 1.165) is 19.3 Å². The summed E-state index contributed by atoms with van der Waals surface area (Å²) in [6.07, 6.45) is 2.84. The molecule has 1 amide bonds. The summed E-state index contributed by atoms with van der Waals surface area (Å²) in [5.74, 6) is 1.04. The first-order chi connectivity index (χ1) is 15.8. The number of hydrogen-bond donors (Lipinski definition) is 1. The number of amides is 1. The van der Waals surface area contributed by atoms with E-state index in [1.165, 1.54) is 11.6 Å². The van der Waals surface area contributed by atoms with Gasteiger partial charge in [-0.05, 0) is 49.3 Å². The molecule has 0 unspecified atom stereocenters. The Morgan fingerprint density at radius 2 is 1.85 bits per heavy atom. The fourth-order valence-electron chi connectivity index (χ4n) is 4.13. The molecule has 2 heterocycles. The molecule has 0 atom stereocenters. The molecule has 8 nitrogen and oxygen atoms in total. The molecule has 9 heteroatoms. The number of sulfonamides is 1. The van der Waals surface area contributed by atoms with Crippen LogP contribution in [0.3, 0.4) is 0 Å². The van der Waals surface area contributed by atoms with E-state index in [1.54, 1.807) is 30.9 Å². The Labute approximate surface area is 194 Å². The first-order valence-corrected chi connectivity index (χ1v) is 12.5. The van der Waals surface area contributed by atoms with Crippen molar-refractivity contribution in [3.8, 4) is 11.4 Å². The highest BCUT2D eigenvalue weighted by molar-refractivity contribution is 7.89. The van der Waals surface area contributed by atoms with Crippen LogP contribution >= 0.6 is 0 Å². The van der Waals surface area contributed by atoms with Crippen LogP contribution in [0.5, 0.6) is 0 Å². The van der Waals surface area contributed by atoms with Crippen LogP contribution in [0.4, 0.5) is 0 Å². The fraction of sp³-hybridized carbons (Fsp3) is 0.375. The van der Waals surface area contributed by atoms with Crippen LogP contribution in [0.15, 0.2) is 57.9 Å². The van der Waals surface area contributed by atoms with Gasteiger partial charge in [-0.2, -0.15) is 4.98 Å². The summed E-state index contributed by atoms with van der Waals surface area (Å²) in [6, 6.07) is 15.3. The number of nitrogens with zero attached hydrogens (tertiary/aromatic N) is 3. The minimum Gasteiger partial charge on any atom is -0.342 e. The second kappa shape index (κ2) is 9.84. The number of nitrogens with one attached hydrogen (secondary N) is 1. The van der Waals surface area contributed by atoms with E-state index in [4.69, 9.17) is 4.52 Å². The average molecular weight is 469 g/mol. The van der Waals surface area contributed by atoms with Crippen LogP contribution in [-0.4, -0.2) is 49.0 Å². The number of carbonyl (C=O) groups is 1. The maximum Gasteiger partial charge on any atom is 0.241 e. The molecule has 174 valence electrons. The third kappa shape index (κ3) is 5.66. The summed E-state index contributed by atoms with van der Waals surface area (Å²) in [6.45, 7) is 4.39. The zero-order chi connectivity index (χ0) is 23.4. The quantitative estimate of drug-likeness (QED) is 0.571. The molecule has 1 N–H and O–H groups in total. The summed E-state index contributed by atoms with van der Waals surface area (Å²) in [5.41, 5.74) is 2.41. The Morgan fingerprint density at radius 3 is 2.52 bits per heavy atom. The van der Waals surface area contributed by atoms with Crippen LogP contribution < -0.4 is 4.72 Å². The van der Waals surface area contributed by atoms with Crippen molar-refractivity contribution in [2.75, 3.05) is 19.6 Å². The van der Waals surface area contributed by atoms with Crippen LogP contribution in [0, 0.1) is 19.8 Å². The number of rotatable bonds is 7. The largest absolute Gasteiger partial charge is 0.342 e. The Kier molecular flexibility index (Phi) is 6.90. The van der Waals surface area contributed by atoms with E-state index in [-0.39, 0.29) is 17.3 Å². The van der Waals surface area contributed by atoms with Gasteiger partial charge in [0.1, 0.15) is 0 Å². The molecule has 1 aliphatic rings. The van der Waals surface area contributed by atoms with Gasteiger partial charge in [-0.1, -0.05) is 47.6 Å². The van der Waals surface area contributed by atoms with Gasteiger partial charge in [-0.3, -0.25) is 4.79 Å². The maximum atomic E-state index is 12.9. The normalized spacial score (nSPS) is 15.0. The van der Waals surface area contributed by atoms with Crippen molar-refractivity contribution < 1.29 is 17.7 Å². The van der Waals surface area contributed by atoms with Crippen molar-refractivity contribution in [2.24, 2.45) is 5.92 Å². The smallest absolute Gasteiger partial charge is 0.241 e. The second-order valence-electron chi connectivity index (χ2n) is 8.46. The first kappa shape index (κ1) is 23.1. The Bertz CT molecular complexity index is 1220. The third-order valence-electron chi connectivity index (χ3n) is 6.01. The molecule has 1 fully saturated rings. The summed E-state index contributed by atoms with van der Waals surface area (Å²) >= 11 is 0. The van der Waals surface area contributed by atoms with Gasteiger partial charge < -0.3 is 9.42 Å². The van der Waals surface area contributed by atoms with E-state index in [2.05, 4.69) is 27.0 Å². The Balaban J connectivity index is 1.34. The van der Waals surface area contributed by atoms with Gasteiger partial charge in [-0.25, -0.2) is 13.1 Å². The summed E-state index contributed by atoms with van der Waals surface area (Å²) < 4.78 is 33.3. The SMILES string of the molecule is Cc1nc(-c2ccc(C)c(S(=O)(=O)NCC(=O)N3CCC(Cc4ccccc4)CC3)c2)no1. The highest BCUT2D eigenvalue weighted by Crippen LogP contribution is 2.24. The Morgan fingerprint density at radius 1 is 1.12 bits per heavy atom. The Hall–Kier alpha value is -3.04. The number of aryl methyl sites for hydroxylation is 2. The third-order valence-corrected chi connectivity index (χ3v) is 7.55. The minimum absolute atomic E-state index is 0.0943. The number of benzene rings is 2. The molecule has 0 bridgehead atoms. The molecular formula is C24H28N4O4S. The van der Waals surface area contributed by atoms with Crippen molar-refractivity contribution in [2.45, 2.75) is 38.0 Å². The van der Waals surface area contributed by atoms with Crippen molar-refractivity contribution >= 4 is 15.9 Å². The van der Waals surface area contributed by atoms with Crippen molar-refractivity contribution in [3.05, 3.63) is 65.5 Å². The monoisotopic (exact) mass is 468 g/mol. The van der Waals surface area contributed by atoms with Crippen molar-refractivity contribution in [1.82, 2.24) is 19.8 Å². The zero-order valence-corrected chi connectivity index (χ0v) is 19.6. The minimum atomic E-state index is -3.88.